The molecule has 0 saturated carbocycles. The first-order valence-corrected chi connectivity index (χ1v) is 11.6. The van der Waals surface area contributed by atoms with Crippen LogP contribution < -0.4 is 15.0 Å². The third-order valence-corrected chi connectivity index (χ3v) is 6.74. The first-order chi connectivity index (χ1) is 18.1. The second-order valence-electron chi connectivity index (χ2n) is 8.45. The van der Waals surface area contributed by atoms with Crippen LogP contribution in [0.2, 0.25) is 5.02 Å². The maximum Gasteiger partial charge on any atom is 0.425 e. The van der Waals surface area contributed by atoms with Crippen LogP contribution >= 0.6 is 11.6 Å². The molecule has 38 heavy (non-hydrogen) atoms. The van der Waals surface area contributed by atoms with Gasteiger partial charge in [0.15, 0.2) is 0 Å². The lowest BCUT2D eigenvalue weighted by atomic mass is 9.66. The van der Waals surface area contributed by atoms with Crippen LogP contribution in [0.25, 0.3) is 4.85 Å². The number of ether oxygens (including phenoxy) is 2. The lowest BCUT2D eigenvalue weighted by molar-refractivity contribution is -0.220. The number of nitrogens with zero attached hydrogens (tertiary/aromatic N) is 2. The number of anilines is 1. The largest absolute Gasteiger partial charge is 0.497 e. The predicted octanol–water partition coefficient (Wildman–Crippen LogP) is 5.82. The van der Waals surface area contributed by atoms with Gasteiger partial charge in [-0.1, -0.05) is 54.1 Å². The predicted molar refractivity (Wildman–Crippen MR) is 134 cm³/mol. The van der Waals surface area contributed by atoms with E-state index in [9.17, 15) is 9.59 Å². The molecule has 196 valence electrons. The van der Waals surface area contributed by atoms with Gasteiger partial charge in [0.1, 0.15) is 5.75 Å². The van der Waals surface area contributed by atoms with Crippen LogP contribution in [0.5, 0.6) is 5.75 Å². The Bertz CT molecular complexity index is 1410. The fourth-order valence-corrected chi connectivity index (χ4v) is 4.91. The fraction of sp³-hybridized carbons (Fsp3) is 0.222. The summed E-state index contributed by atoms with van der Waals surface area (Å²) in [6.07, 6.45) is -5.36. The average molecular weight is 544 g/mol. The van der Waals surface area contributed by atoms with Gasteiger partial charge in [-0.05, 0) is 35.9 Å². The highest BCUT2D eigenvalue weighted by molar-refractivity contribution is 6.30. The number of alkyl halides is 3. The number of methoxy groups -OCH3 is 2. The number of nitrogens with one attached hydrogen (secondary N) is 1. The zero-order valence-corrected chi connectivity index (χ0v) is 20.9. The second kappa shape index (κ2) is 9.91. The molecule has 0 fully saturated rings. The van der Waals surface area contributed by atoms with Crippen molar-refractivity contribution in [1.29, 1.82) is 0 Å². The van der Waals surface area contributed by atoms with Crippen LogP contribution in [0.1, 0.15) is 16.7 Å². The molecule has 3 aromatic rings. The highest BCUT2D eigenvalue weighted by Gasteiger charge is 2.81. The molecule has 1 N–H and O–H groups in total. The Hall–Kier alpha value is -4.23. The van der Waals surface area contributed by atoms with Gasteiger partial charge in [0.05, 0.1) is 32.0 Å². The number of carbonyl (C=O) groups is 2. The van der Waals surface area contributed by atoms with E-state index in [-0.39, 0.29) is 22.8 Å². The maximum atomic E-state index is 15.4. The minimum atomic E-state index is -5.36. The van der Waals surface area contributed by atoms with E-state index in [0.717, 1.165) is 18.1 Å². The molecule has 2 atom stereocenters. The summed E-state index contributed by atoms with van der Waals surface area (Å²) in [6, 6.07) is 15.8. The number of benzene rings is 3. The summed E-state index contributed by atoms with van der Waals surface area (Å²) in [6.45, 7) is 7.85. The van der Waals surface area contributed by atoms with Crippen LogP contribution in [-0.2, 0) is 27.2 Å². The van der Waals surface area contributed by atoms with Crippen molar-refractivity contribution >= 4 is 29.3 Å². The molecule has 0 radical (unpaired) electrons. The highest BCUT2D eigenvalue weighted by Crippen LogP contribution is 2.58. The van der Waals surface area contributed by atoms with Crippen molar-refractivity contribution in [3.8, 4) is 5.75 Å². The van der Waals surface area contributed by atoms with Gasteiger partial charge in [0.25, 0.3) is 5.54 Å². The van der Waals surface area contributed by atoms with Gasteiger partial charge in [-0.15, -0.1) is 0 Å². The van der Waals surface area contributed by atoms with E-state index in [1.165, 1.54) is 49.6 Å². The van der Waals surface area contributed by atoms with E-state index in [2.05, 4.69) is 4.85 Å². The number of esters is 1. The summed E-state index contributed by atoms with van der Waals surface area (Å²) in [4.78, 5) is 31.2. The number of halogens is 4. The van der Waals surface area contributed by atoms with Crippen LogP contribution in [0.4, 0.5) is 23.7 Å². The van der Waals surface area contributed by atoms with E-state index in [0.29, 0.717) is 11.3 Å². The second-order valence-corrected chi connectivity index (χ2v) is 8.89. The normalized spacial score (nSPS) is 18.4. The minimum absolute atomic E-state index is 0.0882. The zero-order chi connectivity index (χ0) is 27.7. The highest BCUT2D eigenvalue weighted by atomic mass is 35.5. The summed E-state index contributed by atoms with van der Waals surface area (Å²) >= 11 is 6.18. The van der Waals surface area contributed by atoms with Crippen molar-refractivity contribution in [2.45, 2.75) is 23.8 Å². The molecule has 1 heterocycles. The molecule has 1 aliphatic rings. The zero-order valence-electron chi connectivity index (χ0n) is 20.2. The van der Waals surface area contributed by atoms with Crippen molar-refractivity contribution in [2.75, 3.05) is 19.1 Å². The third-order valence-electron chi connectivity index (χ3n) is 6.50. The number of amides is 2. The van der Waals surface area contributed by atoms with E-state index in [1.54, 1.807) is 24.3 Å². The Morgan fingerprint density at radius 3 is 2.29 bits per heavy atom. The van der Waals surface area contributed by atoms with Gasteiger partial charge in [0, 0.05) is 10.6 Å². The van der Waals surface area contributed by atoms with Gasteiger partial charge in [-0.3, -0.25) is 9.74 Å². The van der Waals surface area contributed by atoms with Crippen molar-refractivity contribution in [2.24, 2.45) is 0 Å². The molecular weight excluding hydrogens is 523 g/mol. The number of hydrogen-bond donors (Lipinski definition) is 1. The molecule has 1 unspecified atom stereocenters. The fourth-order valence-electron chi connectivity index (χ4n) is 4.74. The van der Waals surface area contributed by atoms with Crippen LogP contribution in [0.15, 0.2) is 72.8 Å². The molecule has 0 saturated heterocycles. The molecule has 1 aliphatic heterocycles. The van der Waals surface area contributed by atoms with Gasteiger partial charge in [-0.2, -0.15) is 13.2 Å². The topological polar surface area (TPSA) is 72.2 Å². The third kappa shape index (κ3) is 4.00. The summed E-state index contributed by atoms with van der Waals surface area (Å²) in [5.41, 5.74) is -7.09. The lowest BCUT2D eigenvalue weighted by Crippen LogP contribution is -2.72. The molecule has 2 amide bonds. The smallest absolute Gasteiger partial charge is 0.425 e. The Kier molecular flexibility index (Phi) is 7.00. The molecule has 0 bridgehead atoms. The van der Waals surface area contributed by atoms with E-state index >= 15 is 13.2 Å². The van der Waals surface area contributed by atoms with Gasteiger partial charge in [-0.25, -0.2) is 16.2 Å². The molecule has 3 aromatic carbocycles. The Labute approximate surface area is 221 Å². The average Bonchev–Trinajstić information content (AvgIpc) is 2.91. The molecule has 0 aliphatic carbocycles. The van der Waals surface area contributed by atoms with Gasteiger partial charge in [0.2, 0.25) is 0 Å². The summed E-state index contributed by atoms with van der Waals surface area (Å²) in [5.74, 6) is -0.936. The summed E-state index contributed by atoms with van der Waals surface area (Å²) in [7, 11) is 2.37. The number of urea groups is 1. The van der Waals surface area contributed by atoms with Crippen LogP contribution in [-0.4, -0.2) is 32.4 Å². The first-order valence-electron chi connectivity index (χ1n) is 11.2. The minimum Gasteiger partial charge on any atom is -0.497 e. The Morgan fingerprint density at radius 2 is 1.74 bits per heavy atom. The van der Waals surface area contributed by atoms with Crippen molar-refractivity contribution in [3.63, 3.8) is 0 Å². The van der Waals surface area contributed by atoms with Crippen molar-refractivity contribution in [1.82, 2.24) is 5.32 Å². The Morgan fingerprint density at radius 1 is 1.08 bits per heavy atom. The molecule has 11 heteroatoms. The SMILES string of the molecule is [C-]#[N+][C@](C(=O)OC)(c1ccccc1)C1(C(F)(F)F)NC(=O)N(Cc2ccc(OC)cc2)c2ccc(Cl)cc21. The molecule has 4 rings (SSSR count). The van der Waals surface area contributed by atoms with Crippen molar-refractivity contribution < 1.29 is 32.2 Å². The van der Waals surface area contributed by atoms with E-state index in [1.807, 2.05) is 5.32 Å². The van der Waals surface area contributed by atoms with E-state index in [4.69, 9.17) is 27.6 Å². The van der Waals surface area contributed by atoms with Gasteiger partial charge < -0.3 is 14.8 Å². The molecule has 0 aromatic heterocycles. The molecule has 7 nitrogen and oxygen atoms in total. The van der Waals surface area contributed by atoms with E-state index < -0.39 is 34.8 Å². The molecular formula is C27H21ClF3N3O4. The quantitative estimate of drug-likeness (QED) is 0.314. The molecule has 0 spiro atoms. The monoisotopic (exact) mass is 543 g/mol. The van der Waals surface area contributed by atoms with Crippen LogP contribution in [0, 0.1) is 6.57 Å². The number of fused-ring (bicyclic) bond motifs is 1. The number of hydrogen-bond acceptors (Lipinski definition) is 4. The standard InChI is InChI=1S/C27H21ClF3N3O4/c1-32-25(23(35)38-3,18-7-5-4-6-8-18)26(27(29,30)31)21-15-19(28)11-14-22(21)34(24(36)33-26)16-17-9-12-20(37-2)13-10-17/h4-15H,16H2,2-3H3,(H,33,36)/t25-,26?/m0/s1. The maximum absolute atomic E-state index is 15.4. The van der Waals surface area contributed by atoms with Gasteiger partial charge >= 0.3 is 23.7 Å². The first kappa shape index (κ1) is 26.8. The summed E-state index contributed by atoms with van der Waals surface area (Å²) < 4.78 is 56.3. The van der Waals surface area contributed by atoms with Crippen LogP contribution in [0.3, 0.4) is 0 Å². The summed E-state index contributed by atoms with van der Waals surface area (Å²) in [5, 5.41) is 1.93. The number of rotatable bonds is 6. The van der Waals surface area contributed by atoms with Crippen molar-refractivity contribution in [3.05, 3.63) is 106 Å². The lowest BCUT2D eigenvalue weighted by Gasteiger charge is -2.47. The Balaban J connectivity index is 2.04. The number of carbonyl (C=O) groups excluding carboxylic acids is 2.